The van der Waals surface area contributed by atoms with Crippen LogP contribution in [0.5, 0.6) is 11.5 Å². The SMILES string of the molecule is COCOc1ccc(C(=O)c2cc(-c3ccco3)ccc2[N+](=O)[O-])cc1OC. The average Bonchev–Trinajstić information content (AvgIpc) is 3.26. The van der Waals surface area contributed by atoms with E-state index in [0.717, 1.165) is 0 Å². The minimum atomic E-state index is -0.591. The third kappa shape index (κ3) is 3.86. The van der Waals surface area contributed by atoms with Gasteiger partial charge in [0.05, 0.1) is 18.3 Å². The summed E-state index contributed by atoms with van der Waals surface area (Å²) < 4.78 is 20.8. The van der Waals surface area contributed by atoms with Gasteiger partial charge in [-0.25, -0.2) is 0 Å². The molecule has 0 aliphatic heterocycles. The summed E-state index contributed by atoms with van der Waals surface area (Å²) >= 11 is 0. The standard InChI is InChI=1S/C20H17NO7/c1-25-12-28-18-8-6-14(11-19(18)26-2)20(22)15-10-13(17-4-3-9-27-17)5-7-16(15)21(23)24/h3-11H,12H2,1-2H3. The molecule has 0 bridgehead atoms. The lowest BCUT2D eigenvalue weighted by Gasteiger charge is -2.11. The Morgan fingerprint density at radius 3 is 2.57 bits per heavy atom. The van der Waals surface area contributed by atoms with Gasteiger partial charge in [-0.15, -0.1) is 0 Å². The number of carbonyl (C=O) groups excluding carboxylic acids is 1. The number of hydrogen-bond donors (Lipinski definition) is 0. The normalized spacial score (nSPS) is 10.5. The molecule has 1 aromatic heterocycles. The molecule has 0 aliphatic rings. The summed E-state index contributed by atoms with van der Waals surface area (Å²) in [6.07, 6.45) is 1.49. The quantitative estimate of drug-likeness (QED) is 0.250. The van der Waals surface area contributed by atoms with E-state index in [4.69, 9.17) is 18.6 Å². The average molecular weight is 383 g/mol. The Hall–Kier alpha value is -3.65. The second-order valence-corrected chi connectivity index (χ2v) is 5.71. The number of nitro groups is 1. The number of ether oxygens (including phenoxy) is 3. The van der Waals surface area contributed by atoms with Crippen LogP contribution in [0.4, 0.5) is 5.69 Å². The summed E-state index contributed by atoms with van der Waals surface area (Å²) in [6.45, 7) is 0.0142. The number of carbonyl (C=O) groups is 1. The second-order valence-electron chi connectivity index (χ2n) is 5.71. The maximum absolute atomic E-state index is 13.0. The lowest BCUT2D eigenvalue weighted by Crippen LogP contribution is -2.07. The fourth-order valence-corrected chi connectivity index (χ4v) is 2.68. The molecular formula is C20H17NO7. The van der Waals surface area contributed by atoms with Gasteiger partial charge in [-0.1, -0.05) is 0 Å². The van der Waals surface area contributed by atoms with Crippen molar-refractivity contribution in [2.45, 2.75) is 0 Å². The molecule has 8 nitrogen and oxygen atoms in total. The van der Waals surface area contributed by atoms with E-state index in [1.807, 2.05) is 0 Å². The smallest absolute Gasteiger partial charge is 0.280 e. The van der Waals surface area contributed by atoms with Gasteiger partial charge in [0, 0.05) is 24.3 Å². The number of nitro benzene ring substituents is 1. The zero-order valence-corrected chi connectivity index (χ0v) is 15.2. The Bertz CT molecular complexity index is 996. The highest BCUT2D eigenvalue weighted by Gasteiger charge is 2.23. The highest BCUT2D eigenvalue weighted by Crippen LogP contribution is 2.32. The van der Waals surface area contributed by atoms with E-state index in [-0.39, 0.29) is 23.6 Å². The molecule has 0 saturated carbocycles. The molecule has 0 N–H and O–H groups in total. The van der Waals surface area contributed by atoms with E-state index in [0.29, 0.717) is 22.8 Å². The predicted molar refractivity (Wildman–Crippen MR) is 99.7 cm³/mol. The van der Waals surface area contributed by atoms with Crippen molar-refractivity contribution in [1.82, 2.24) is 0 Å². The van der Waals surface area contributed by atoms with Crippen LogP contribution in [0.3, 0.4) is 0 Å². The molecule has 1 heterocycles. The van der Waals surface area contributed by atoms with Crippen LogP contribution in [-0.2, 0) is 4.74 Å². The maximum atomic E-state index is 13.0. The monoisotopic (exact) mass is 383 g/mol. The van der Waals surface area contributed by atoms with Crippen LogP contribution >= 0.6 is 0 Å². The van der Waals surface area contributed by atoms with Crippen molar-refractivity contribution < 1.29 is 28.3 Å². The van der Waals surface area contributed by atoms with Gasteiger partial charge in [-0.05, 0) is 42.5 Å². The molecule has 0 spiro atoms. The van der Waals surface area contributed by atoms with E-state index < -0.39 is 10.7 Å². The van der Waals surface area contributed by atoms with Crippen LogP contribution in [-0.4, -0.2) is 31.7 Å². The Labute approximate surface area is 160 Å². The lowest BCUT2D eigenvalue weighted by atomic mass is 9.98. The first kappa shape index (κ1) is 19.1. The Kier molecular flexibility index (Phi) is 5.71. The molecule has 0 atom stereocenters. The molecule has 0 fully saturated rings. The summed E-state index contributed by atoms with van der Waals surface area (Å²) in [5.74, 6) is 0.689. The third-order valence-electron chi connectivity index (χ3n) is 4.00. The van der Waals surface area contributed by atoms with Gasteiger partial charge in [0.2, 0.25) is 0 Å². The van der Waals surface area contributed by atoms with Crippen molar-refractivity contribution in [3.63, 3.8) is 0 Å². The molecular weight excluding hydrogens is 366 g/mol. The molecule has 8 heteroatoms. The van der Waals surface area contributed by atoms with Crippen molar-refractivity contribution in [1.29, 1.82) is 0 Å². The van der Waals surface area contributed by atoms with Crippen LogP contribution in [0.2, 0.25) is 0 Å². The summed E-state index contributed by atoms with van der Waals surface area (Å²) in [4.78, 5) is 23.9. The molecule has 0 saturated heterocycles. The highest BCUT2D eigenvalue weighted by atomic mass is 16.7. The Morgan fingerprint density at radius 1 is 1.11 bits per heavy atom. The Morgan fingerprint density at radius 2 is 1.93 bits per heavy atom. The zero-order valence-electron chi connectivity index (χ0n) is 15.2. The molecule has 3 rings (SSSR count). The summed E-state index contributed by atoms with van der Waals surface area (Å²) in [7, 11) is 2.92. The van der Waals surface area contributed by atoms with Crippen molar-refractivity contribution in [2.75, 3.05) is 21.0 Å². The first-order valence-corrected chi connectivity index (χ1v) is 8.22. The molecule has 3 aromatic rings. The number of benzene rings is 2. The number of ketones is 1. The van der Waals surface area contributed by atoms with Crippen molar-refractivity contribution in [2.24, 2.45) is 0 Å². The molecule has 28 heavy (non-hydrogen) atoms. The second kappa shape index (κ2) is 8.36. The highest BCUT2D eigenvalue weighted by molar-refractivity contribution is 6.12. The van der Waals surface area contributed by atoms with Crippen LogP contribution in [0, 0.1) is 10.1 Å². The van der Waals surface area contributed by atoms with Crippen molar-refractivity contribution in [3.8, 4) is 22.8 Å². The van der Waals surface area contributed by atoms with Gasteiger partial charge in [-0.2, -0.15) is 0 Å². The van der Waals surface area contributed by atoms with Gasteiger partial charge >= 0.3 is 0 Å². The van der Waals surface area contributed by atoms with Crippen LogP contribution in [0.25, 0.3) is 11.3 Å². The minimum Gasteiger partial charge on any atom is -0.493 e. The summed E-state index contributed by atoms with van der Waals surface area (Å²) in [5, 5.41) is 11.4. The summed E-state index contributed by atoms with van der Waals surface area (Å²) in [5.41, 5.74) is 0.442. The number of rotatable bonds is 8. The van der Waals surface area contributed by atoms with Crippen LogP contribution in [0.1, 0.15) is 15.9 Å². The van der Waals surface area contributed by atoms with E-state index in [1.54, 1.807) is 18.2 Å². The van der Waals surface area contributed by atoms with E-state index in [9.17, 15) is 14.9 Å². The molecule has 0 aliphatic carbocycles. The Balaban J connectivity index is 2.03. The number of hydrogen-bond acceptors (Lipinski definition) is 7. The number of furan rings is 1. The van der Waals surface area contributed by atoms with Gasteiger partial charge < -0.3 is 18.6 Å². The van der Waals surface area contributed by atoms with Gasteiger partial charge in [0.15, 0.2) is 24.1 Å². The molecule has 144 valence electrons. The van der Waals surface area contributed by atoms with E-state index >= 15 is 0 Å². The molecule has 0 amide bonds. The predicted octanol–water partition coefficient (Wildman–Crippen LogP) is 4.08. The van der Waals surface area contributed by atoms with Gasteiger partial charge in [0.25, 0.3) is 5.69 Å². The largest absolute Gasteiger partial charge is 0.493 e. The lowest BCUT2D eigenvalue weighted by molar-refractivity contribution is -0.385. The number of methoxy groups -OCH3 is 2. The summed E-state index contributed by atoms with van der Waals surface area (Å²) in [6, 6.07) is 12.2. The fourth-order valence-electron chi connectivity index (χ4n) is 2.68. The third-order valence-corrected chi connectivity index (χ3v) is 4.00. The van der Waals surface area contributed by atoms with E-state index in [1.165, 1.54) is 50.8 Å². The van der Waals surface area contributed by atoms with Crippen molar-refractivity contribution >= 4 is 11.5 Å². The van der Waals surface area contributed by atoms with E-state index in [2.05, 4.69) is 0 Å². The first-order chi connectivity index (χ1) is 13.5. The molecule has 0 radical (unpaired) electrons. The topological polar surface area (TPSA) is 101 Å². The van der Waals surface area contributed by atoms with Crippen LogP contribution in [0.15, 0.2) is 59.2 Å². The van der Waals surface area contributed by atoms with Crippen LogP contribution < -0.4 is 9.47 Å². The van der Waals surface area contributed by atoms with Gasteiger partial charge in [-0.3, -0.25) is 14.9 Å². The number of nitrogens with zero attached hydrogens (tertiary/aromatic N) is 1. The molecule has 0 unspecified atom stereocenters. The maximum Gasteiger partial charge on any atom is 0.280 e. The fraction of sp³-hybridized carbons (Fsp3) is 0.150. The van der Waals surface area contributed by atoms with Gasteiger partial charge in [0.1, 0.15) is 11.3 Å². The zero-order chi connectivity index (χ0) is 20.1. The minimum absolute atomic E-state index is 0.0142. The molecule has 2 aromatic carbocycles. The van der Waals surface area contributed by atoms with Crippen molar-refractivity contribution in [3.05, 3.63) is 76.0 Å². The first-order valence-electron chi connectivity index (χ1n) is 8.22.